The van der Waals surface area contributed by atoms with E-state index in [9.17, 15) is 4.39 Å². The van der Waals surface area contributed by atoms with Crippen LogP contribution in [0.4, 0.5) is 10.3 Å². The van der Waals surface area contributed by atoms with Crippen LogP contribution in [0.1, 0.15) is 38.5 Å². The first-order chi connectivity index (χ1) is 9.65. The van der Waals surface area contributed by atoms with Crippen molar-refractivity contribution in [2.45, 2.75) is 45.1 Å². The van der Waals surface area contributed by atoms with Crippen LogP contribution >= 0.6 is 15.9 Å². The van der Waals surface area contributed by atoms with E-state index < -0.39 is 0 Å². The minimum Gasteiger partial charge on any atom is -0.369 e. The van der Waals surface area contributed by atoms with Gasteiger partial charge >= 0.3 is 0 Å². The highest BCUT2D eigenvalue weighted by Gasteiger charge is 2.16. The third-order valence-corrected chi connectivity index (χ3v) is 4.91. The monoisotopic (exact) mass is 339 g/mol. The highest BCUT2D eigenvalue weighted by Crippen LogP contribution is 2.29. The third kappa shape index (κ3) is 2.68. The van der Waals surface area contributed by atoms with E-state index in [1.54, 1.807) is 6.07 Å². The molecule has 1 aliphatic carbocycles. The van der Waals surface area contributed by atoms with Crippen molar-refractivity contribution >= 4 is 32.9 Å². The number of imidazole rings is 1. The molecule has 2 N–H and O–H groups in total. The second-order valence-corrected chi connectivity index (χ2v) is 6.52. The molecule has 20 heavy (non-hydrogen) atoms. The molecule has 0 saturated heterocycles. The molecule has 1 aromatic carbocycles. The predicted molar refractivity (Wildman–Crippen MR) is 83.0 cm³/mol. The summed E-state index contributed by atoms with van der Waals surface area (Å²) in [6.45, 7) is 0.866. The summed E-state index contributed by atoms with van der Waals surface area (Å²) < 4.78 is 16.0. The van der Waals surface area contributed by atoms with E-state index in [1.807, 2.05) is 4.57 Å². The Labute approximate surface area is 126 Å². The number of nitrogen functional groups attached to an aromatic ring is 1. The first-order valence-electron chi connectivity index (χ1n) is 7.26. The molecule has 1 heterocycles. The van der Waals surface area contributed by atoms with Gasteiger partial charge in [-0.1, -0.05) is 32.1 Å². The zero-order valence-electron chi connectivity index (χ0n) is 11.4. The number of benzene rings is 1. The maximum absolute atomic E-state index is 13.5. The molecular formula is C15H19BrFN3. The van der Waals surface area contributed by atoms with Crippen LogP contribution in [0.3, 0.4) is 0 Å². The summed E-state index contributed by atoms with van der Waals surface area (Å²) in [6, 6.07) is 3.21. The van der Waals surface area contributed by atoms with Crippen LogP contribution in [0.5, 0.6) is 0 Å². The summed E-state index contributed by atoms with van der Waals surface area (Å²) in [5, 5.41) is 0. The van der Waals surface area contributed by atoms with Gasteiger partial charge in [0.1, 0.15) is 5.82 Å². The molecule has 2 aromatic rings. The number of nitrogens with zero attached hydrogens (tertiary/aromatic N) is 2. The molecule has 1 aromatic heterocycles. The zero-order valence-corrected chi connectivity index (χ0v) is 13.0. The summed E-state index contributed by atoms with van der Waals surface area (Å²) >= 11 is 3.23. The molecule has 0 amide bonds. The summed E-state index contributed by atoms with van der Waals surface area (Å²) in [5.41, 5.74) is 7.52. The molecule has 0 aliphatic heterocycles. The van der Waals surface area contributed by atoms with E-state index >= 15 is 0 Å². The molecule has 3 nitrogen and oxygen atoms in total. The standard InChI is InChI=1S/C15H19BrFN3/c16-11-8-14-13(9-12(11)17)19-15(18)20(14)7-6-10-4-2-1-3-5-10/h8-10H,1-7H2,(H2,18,19). The van der Waals surface area contributed by atoms with Crippen molar-refractivity contribution in [3.63, 3.8) is 0 Å². The largest absolute Gasteiger partial charge is 0.369 e. The summed E-state index contributed by atoms with van der Waals surface area (Å²) in [4.78, 5) is 4.26. The minimum atomic E-state index is -0.297. The lowest BCUT2D eigenvalue weighted by Gasteiger charge is -2.21. The summed E-state index contributed by atoms with van der Waals surface area (Å²) in [7, 11) is 0. The second kappa shape index (κ2) is 5.72. The van der Waals surface area contributed by atoms with Gasteiger partial charge in [0.15, 0.2) is 0 Å². The van der Waals surface area contributed by atoms with Crippen molar-refractivity contribution < 1.29 is 4.39 Å². The fraction of sp³-hybridized carbons (Fsp3) is 0.533. The van der Waals surface area contributed by atoms with Crippen LogP contribution in [-0.4, -0.2) is 9.55 Å². The first kappa shape index (κ1) is 13.9. The summed E-state index contributed by atoms with van der Waals surface area (Å²) in [6.07, 6.45) is 7.85. The Bertz CT molecular complexity index is 617. The van der Waals surface area contributed by atoms with E-state index in [2.05, 4.69) is 20.9 Å². The highest BCUT2D eigenvalue weighted by molar-refractivity contribution is 9.10. The van der Waals surface area contributed by atoms with Crippen molar-refractivity contribution in [3.05, 3.63) is 22.4 Å². The Balaban J connectivity index is 1.83. The van der Waals surface area contributed by atoms with Crippen molar-refractivity contribution in [3.8, 4) is 0 Å². The van der Waals surface area contributed by atoms with Crippen LogP contribution in [0, 0.1) is 11.7 Å². The number of rotatable bonds is 3. The number of hydrogen-bond donors (Lipinski definition) is 1. The van der Waals surface area contributed by atoms with Gasteiger partial charge in [0, 0.05) is 12.6 Å². The van der Waals surface area contributed by atoms with Crippen molar-refractivity contribution in [1.82, 2.24) is 9.55 Å². The fourth-order valence-corrected chi connectivity index (χ4v) is 3.49. The molecule has 1 aliphatic rings. The molecule has 5 heteroatoms. The lowest BCUT2D eigenvalue weighted by atomic mass is 9.87. The molecule has 3 rings (SSSR count). The molecule has 0 spiro atoms. The number of halogens is 2. The summed E-state index contributed by atoms with van der Waals surface area (Å²) in [5.74, 6) is 0.979. The lowest BCUT2D eigenvalue weighted by molar-refractivity contribution is 0.326. The topological polar surface area (TPSA) is 43.8 Å². The van der Waals surface area contributed by atoms with Gasteiger partial charge < -0.3 is 10.3 Å². The Morgan fingerprint density at radius 3 is 2.80 bits per heavy atom. The Morgan fingerprint density at radius 1 is 1.30 bits per heavy atom. The average molecular weight is 340 g/mol. The molecular weight excluding hydrogens is 321 g/mol. The van der Waals surface area contributed by atoms with E-state index in [0.717, 1.165) is 24.4 Å². The first-order valence-corrected chi connectivity index (χ1v) is 8.05. The Morgan fingerprint density at radius 2 is 2.05 bits per heavy atom. The Hall–Kier alpha value is -1.10. The third-order valence-electron chi connectivity index (χ3n) is 4.31. The van der Waals surface area contributed by atoms with Crippen LogP contribution in [0.15, 0.2) is 16.6 Å². The van der Waals surface area contributed by atoms with Gasteiger partial charge in [0.05, 0.1) is 15.5 Å². The van der Waals surface area contributed by atoms with Gasteiger partial charge in [-0.15, -0.1) is 0 Å². The molecule has 0 atom stereocenters. The normalized spacial score (nSPS) is 16.9. The van der Waals surface area contributed by atoms with E-state index in [-0.39, 0.29) is 5.82 Å². The van der Waals surface area contributed by atoms with Crippen molar-refractivity contribution in [1.29, 1.82) is 0 Å². The van der Waals surface area contributed by atoms with Crippen LogP contribution < -0.4 is 5.73 Å². The number of hydrogen-bond acceptors (Lipinski definition) is 2. The molecule has 0 radical (unpaired) electrons. The quantitative estimate of drug-likeness (QED) is 0.895. The van der Waals surface area contributed by atoms with Crippen molar-refractivity contribution in [2.75, 3.05) is 5.73 Å². The van der Waals surface area contributed by atoms with Crippen LogP contribution in [-0.2, 0) is 6.54 Å². The lowest BCUT2D eigenvalue weighted by Crippen LogP contribution is -2.11. The highest BCUT2D eigenvalue weighted by atomic mass is 79.9. The number of aromatic nitrogens is 2. The van der Waals surface area contributed by atoms with E-state index in [1.165, 1.54) is 38.2 Å². The smallest absolute Gasteiger partial charge is 0.201 e. The number of fused-ring (bicyclic) bond motifs is 1. The fourth-order valence-electron chi connectivity index (χ4n) is 3.16. The van der Waals surface area contributed by atoms with Gasteiger partial charge in [-0.25, -0.2) is 9.37 Å². The van der Waals surface area contributed by atoms with Crippen molar-refractivity contribution in [2.24, 2.45) is 5.92 Å². The van der Waals surface area contributed by atoms with Crippen LogP contribution in [0.2, 0.25) is 0 Å². The minimum absolute atomic E-state index is 0.297. The number of nitrogens with two attached hydrogens (primary N) is 1. The molecule has 1 fully saturated rings. The number of aryl methyl sites for hydroxylation is 1. The predicted octanol–water partition coefficient (Wildman–Crippen LogP) is 4.49. The second-order valence-electron chi connectivity index (χ2n) is 5.67. The zero-order chi connectivity index (χ0) is 14.1. The average Bonchev–Trinajstić information content (AvgIpc) is 2.73. The van der Waals surface area contributed by atoms with Gasteiger partial charge in [-0.2, -0.15) is 0 Å². The molecule has 108 valence electrons. The van der Waals surface area contributed by atoms with Gasteiger partial charge in [-0.05, 0) is 34.3 Å². The molecule has 1 saturated carbocycles. The SMILES string of the molecule is Nc1nc2cc(F)c(Br)cc2n1CCC1CCCCC1. The molecule has 0 unspecified atom stereocenters. The Kier molecular flexibility index (Phi) is 3.96. The van der Waals surface area contributed by atoms with Gasteiger partial charge in [0.25, 0.3) is 0 Å². The maximum Gasteiger partial charge on any atom is 0.201 e. The van der Waals surface area contributed by atoms with Crippen LogP contribution in [0.25, 0.3) is 11.0 Å². The maximum atomic E-state index is 13.5. The van der Waals surface area contributed by atoms with Gasteiger partial charge in [-0.3, -0.25) is 0 Å². The molecule has 0 bridgehead atoms. The number of anilines is 1. The van der Waals surface area contributed by atoms with E-state index in [0.29, 0.717) is 15.9 Å². The van der Waals surface area contributed by atoms with E-state index in [4.69, 9.17) is 5.73 Å². The van der Waals surface area contributed by atoms with Gasteiger partial charge in [0.2, 0.25) is 5.95 Å².